The molecule has 2 aromatic heterocycles. The average molecular weight is 483 g/mol. The predicted molar refractivity (Wildman–Crippen MR) is 126 cm³/mol. The summed E-state index contributed by atoms with van der Waals surface area (Å²) < 4.78 is 18.8. The number of aliphatic hydroxyl groups excluding tert-OH is 1. The number of aromatic nitrogens is 2. The number of carbonyl (C=O) groups excluding carboxylic acids is 2. The third-order valence-corrected chi connectivity index (χ3v) is 5.79. The van der Waals surface area contributed by atoms with Crippen LogP contribution in [0.3, 0.4) is 0 Å². The second-order valence-corrected chi connectivity index (χ2v) is 8.60. The minimum absolute atomic E-state index is 0.0481. The number of aromatic hydroxyl groups is 1. The molecule has 9 nitrogen and oxygen atoms in total. The van der Waals surface area contributed by atoms with Gasteiger partial charge in [0.15, 0.2) is 11.4 Å². The third-order valence-electron chi connectivity index (χ3n) is 5.79. The smallest absolute Gasteiger partial charge is 0.274 e. The average Bonchev–Trinajstić information content (AvgIpc) is 3.38. The maximum absolute atomic E-state index is 13.3. The molecule has 3 heterocycles. The van der Waals surface area contributed by atoms with Gasteiger partial charge in [0.25, 0.3) is 11.8 Å². The van der Waals surface area contributed by atoms with E-state index in [1.165, 1.54) is 18.3 Å². The molecule has 0 bridgehead atoms. The molecule has 4 N–H and O–H groups in total. The van der Waals surface area contributed by atoms with Crippen LogP contribution in [0.5, 0.6) is 5.75 Å². The zero-order valence-electron chi connectivity index (χ0n) is 19.3. The summed E-state index contributed by atoms with van der Waals surface area (Å²) in [6.07, 6.45) is 3.60. The lowest BCUT2D eigenvalue weighted by atomic mass is 10.0. The minimum atomic E-state index is -0.740. The Bertz CT molecular complexity index is 1230. The van der Waals surface area contributed by atoms with Crippen LogP contribution in [0.4, 0.5) is 4.39 Å². The zero-order valence-corrected chi connectivity index (χ0v) is 19.3. The largest absolute Gasteiger partial charge is 0.504 e. The van der Waals surface area contributed by atoms with Gasteiger partial charge >= 0.3 is 0 Å². The summed E-state index contributed by atoms with van der Waals surface area (Å²) in [5.74, 6) is -2.08. The number of aliphatic hydroxyl groups is 1. The highest BCUT2D eigenvalue weighted by Gasteiger charge is 2.25. The van der Waals surface area contributed by atoms with E-state index in [4.69, 9.17) is 4.74 Å². The van der Waals surface area contributed by atoms with E-state index in [2.05, 4.69) is 20.6 Å². The Balaban J connectivity index is 1.72. The Morgan fingerprint density at radius 3 is 2.66 bits per heavy atom. The number of halogens is 1. The molecule has 0 saturated carbocycles. The number of amides is 2. The van der Waals surface area contributed by atoms with Gasteiger partial charge in [-0.1, -0.05) is 12.1 Å². The number of carbonyl (C=O) groups is 2. The first kappa shape index (κ1) is 24.5. The lowest BCUT2D eigenvalue weighted by Crippen LogP contribution is -2.36. The third kappa shape index (κ3) is 5.72. The van der Waals surface area contributed by atoms with Gasteiger partial charge in [-0.05, 0) is 55.5 Å². The number of nitrogens with zero attached hydrogens (tertiary/aromatic N) is 2. The van der Waals surface area contributed by atoms with Gasteiger partial charge in [-0.15, -0.1) is 0 Å². The summed E-state index contributed by atoms with van der Waals surface area (Å²) in [6.45, 7) is 2.21. The van der Waals surface area contributed by atoms with Gasteiger partial charge in [-0.2, -0.15) is 0 Å². The van der Waals surface area contributed by atoms with Crippen LogP contribution in [0.15, 0.2) is 36.5 Å². The van der Waals surface area contributed by atoms with E-state index in [0.717, 1.165) is 18.4 Å². The van der Waals surface area contributed by atoms with E-state index in [9.17, 15) is 24.2 Å². The number of hydrogen-bond acceptors (Lipinski definition) is 7. The molecule has 4 rings (SSSR count). The molecule has 2 amide bonds. The van der Waals surface area contributed by atoms with Gasteiger partial charge in [0.2, 0.25) is 0 Å². The van der Waals surface area contributed by atoms with Crippen LogP contribution in [0.25, 0.3) is 10.9 Å². The summed E-state index contributed by atoms with van der Waals surface area (Å²) in [4.78, 5) is 34.4. The molecule has 10 heteroatoms. The molecule has 0 spiro atoms. The van der Waals surface area contributed by atoms with Crippen LogP contribution in [-0.2, 0) is 11.2 Å². The number of pyridine rings is 2. The van der Waals surface area contributed by atoms with Gasteiger partial charge in [0.05, 0.1) is 12.7 Å². The minimum Gasteiger partial charge on any atom is -0.504 e. The van der Waals surface area contributed by atoms with Crippen molar-refractivity contribution in [2.75, 3.05) is 19.8 Å². The van der Waals surface area contributed by atoms with Gasteiger partial charge in [-0.3, -0.25) is 14.6 Å². The molecule has 3 aromatic rings. The van der Waals surface area contributed by atoms with E-state index in [1.807, 2.05) is 0 Å². The van der Waals surface area contributed by atoms with Crippen molar-refractivity contribution in [3.05, 3.63) is 64.9 Å². The van der Waals surface area contributed by atoms with Crippen molar-refractivity contribution in [2.24, 2.45) is 0 Å². The van der Waals surface area contributed by atoms with Crippen LogP contribution in [0.2, 0.25) is 0 Å². The van der Waals surface area contributed by atoms with Gasteiger partial charge in [0.1, 0.15) is 17.0 Å². The molecule has 1 fully saturated rings. The number of nitrogens with one attached hydrogen (secondary N) is 2. The normalized spacial score (nSPS) is 16.3. The molecule has 35 heavy (non-hydrogen) atoms. The number of fused-ring (bicyclic) bond motifs is 1. The Labute approximate surface area is 201 Å². The summed E-state index contributed by atoms with van der Waals surface area (Å²) in [5.41, 5.74) is 1.17. The molecular weight excluding hydrogens is 455 g/mol. The Hall–Kier alpha value is -3.63. The summed E-state index contributed by atoms with van der Waals surface area (Å²) in [6, 6.07) is 7.12. The molecule has 2 unspecified atom stereocenters. The maximum atomic E-state index is 13.3. The van der Waals surface area contributed by atoms with Gasteiger partial charge < -0.3 is 25.6 Å². The van der Waals surface area contributed by atoms with Crippen molar-refractivity contribution in [1.82, 2.24) is 20.6 Å². The van der Waals surface area contributed by atoms with E-state index in [1.54, 1.807) is 25.1 Å². The molecular formula is C25H27FN4O5. The van der Waals surface area contributed by atoms with E-state index in [0.29, 0.717) is 18.6 Å². The first-order chi connectivity index (χ1) is 16.9. The Morgan fingerprint density at radius 2 is 1.97 bits per heavy atom. The zero-order chi connectivity index (χ0) is 24.9. The quantitative estimate of drug-likeness (QED) is 0.386. The second kappa shape index (κ2) is 10.7. The lowest BCUT2D eigenvalue weighted by molar-refractivity contribution is 0.0854. The molecule has 0 radical (unpaired) electrons. The van der Waals surface area contributed by atoms with Crippen molar-refractivity contribution in [3.63, 3.8) is 0 Å². The number of ether oxygens (including phenoxy) is 1. The number of rotatable bonds is 8. The van der Waals surface area contributed by atoms with E-state index in [-0.39, 0.29) is 47.4 Å². The van der Waals surface area contributed by atoms with Crippen LogP contribution in [0.1, 0.15) is 51.9 Å². The van der Waals surface area contributed by atoms with E-state index < -0.39 is 23.6 Å². The molecule has 0 aliphatic carbocycles. The first-order valence-corrected chi connectivity index (χ1v) is 11.4. The summed E-state index contributed by atoms with van der Waals surface area (Å²) in [7, 11) is 0. The maximum Gasteiger partial charge on any atom is 0.274 e. The summed E-state index contributed by atoms with van der Waals surface area (Å²) >= 11 is 0. The van der Waals surface area contributed by atoms with Crippen molar-refractivity contribution in [2.45, 2.75) is 38.3 Å². The van der Waals surface area contributed by atoms with Crippen molar-refractivity contribution in [1.29, 1.82) is 0 Å². The molecule has 184 valence electrons. The van der Waals surface area contributed by atoms with Crippen molar-refractivity contribution in [3.8, 4) is 5.75 Å². The highest BCUT2D eigenvalue weighted by molar-refractivity contribution is 6.09. The van der Waals surface area contributed by atoms with Crippen LogP contribution >= 0.6 is 0 Å². The fourth-order valence-electron chi connectivity index (χ4n) is 3.91. The standard InChI is InChI=1S/C25H27FN4O5/c1-14(13-31)29-25(34)22-23(32)20-19(21(30-22)24(33)28-12-18-3-2-8-35-18)10-16(11-27-20)9-15-4-6-17(26)7-5-15/h4-7,10-11,14,18,31-32H,2-3,8-9,12-13H2,1H3,(H,28,33)(H,29,34). The van der Waals surface area contributed by atoms with Crippen LogP contribution in [0, 0.1) is 5.82 Å². The number of benzene rings is 1. The van der Waals surface area contributed by atoms with Crippen LogP contribution in [-0.4, -0.2) is 63.9 Å². The first-order valence-electron chi connectivity index (χ1n) is 11.4. The molecule has 1 aromatic carbocycles. The lowest BCUT2D eigenvalue weighted by Gasteiger charge is -2.15. The predicted octanol–water partition coefficient (Wildman–Crippen LogP) is 2.08. The summed E-state index contributed by atoms with van der Waals surface area (Å²) in [5, 5.41) is 25.6. The molecule has 1 aliphatic rings. The monoisotopic (exact) mass is 482 g/mol. The van der Waals surface area contributed by atoms with Crippen molar-refractivity contribution < 1.29 is 28.9 Å². The van der Waals surface area contributed by atoms with E-state index >= 15 is 0 Å². The highest BCUT2D eigenvalue weighted by atomic mass is 19.1. The highest BCUT2D eigenvalue weighted by Crippen LogP contribution is 2.29. The fraction of sp³-hybridized carbons (Fsp3) is 0.360. The molecule has 1 saturated heterocycles. The molecule has 2 atom stereocenters. The Kier molecular flexibility index (Phi) is 7.52. The van der Waals surface area contributed by atoms with Crippen molar-refractivity contribution >= 4 is 22.7 Å². The second-order valence-electron chi connectivity index (χ2n) is 8.60. The molecule has 1 aliphatic heterocycles. The van der Waals surface area contributed by atoms with Crippen LogP contribution < -0.4 is 10.6 Å². The van der Waals surface area contributed by atoms with Gasteiger partial charge in [-0.25, -0.2) is 9.37 Å². The topological polar surface area (TPSA) is 134 Å². The SMILES string of the molecule is CC(CO)NC(=O)c1nc(C(=O)NCC2CCCO2)c2cc(Cc3ccc(F)cc3)cnc2c1O. The number of hydrogen-bond donors (Lipinski definition) is 4. The Morgan fingerprint density at radius 1 is 1.20 bits per heavy atom. The van der Waals surface area contributed by atoms with Gasteiger partial charge in [0, 0.05) is 30.8 Å². The fourth-order valence-corrected chi connectivity index (χ4v) is 3.91.